The molecule has 2 aromatic rings. The van der Waals surface area contributed by atoms with Crippen LogP contribution in [0.5, 0.6) is 0 Å². The van der Waals surface area contributed by atoms with E-state index in [1.54, 1.807) is 37.4 Å². The lowest BCUT2D eigenvalue weighted by atomic mass is 10.1. The molecule has 0 aliphatic rings. The number of nitrogens with zero attached hydrogens (tertiary/aromatic N) is 1. The number of halogens is 1. The summed E-state index contributed by atoms with van der Waals surface area (Å²) in [5.41, 5.74) is 2.22. The highest BCUT2D eigenvalue weighted by molar-refractivity contribution is 9.10. The predicted molar refractivity (Wildman–Crippen MR) is 105 cm³/mol. The molecule has 0 unspecified atom stereocenters. The van der Waals surface area contributed by atoms with Crippen LogP contribution in [-0.4, -0.2) is 36.1 Å². The lowest BCUT2D eigenvalue weighted by Crippen LogP contribution is -2.35. The Hall–Kier alpha value is -2.47. The maximum atomic E-state index is 12.2. The van der Waals surface area contributed by atoms with Crippen LogP contribution in [-0.2, 0) is 9.59 Å². The van der Waals surface area contributed by atoms with Crippen LogP contribution in [0.15, 0.2) is 53.0 Å². The summed E-state index contributed by atoms with van der Waals surface area (Å²) in [6.45, 7) is 1.83. The van der Waals surface area contributed by atoms with Crippen molar-refractivity contribution in [2.24, 2.45) is 0 Å². The van der Waals surface area contributed by atoms with E-state index in [1.165, 1.54) is 4.90 Å². The van der Waals surface area contributed by atoms with Gasteiger partial charge in [-0.1, -0.05) is 46.3 Å². The fourth-order valence-corrected chi connectivity index (χ4v) is 2.92. The minimum Gasteiger partial charge on any atom is -0.336 e. The lowest BCUT2D eigenvalue weighted by molar-refractivity contribution is -0.133. The molecule has 0 aromatic heterocycles. The van der Waals surface area contributed by atoms with Crippen molar-refractivity contribution in [3.63, 3.8) is 0 Å². The average molecular weight is 417 g/mol. The molecular weight excluding hydrogens is 396 g/mol. The molecule has 1 N–H and O–H groups in total. The number of hydrogen-bond acceptors (Lipinski definition) is 3. The first kappa shape index (κ1) is 19.8. The quantitative estimate of drug-likeness (QED) is 0.697. The zero-order valence-electron chi connectivity index (χ0n) is 14.8. The Labute approximate surface area is 161 Å². The number of likely N-dealkylation sites (N-methyl/N-ethyl adjacent to an activating group) is 1. The van der Waals surface area contributed by atoms with Gasteiger partial charge in [0.2, 0.25) is 11.8 Å². The van der Waals surface area contributed by atoms with E-state index in [1.807, 2.05) is 25.1 Å². The molecule has 2 aromatic carbocycles. The molecule has 0 heterocycles. The summed E-state index contributed by atoms with van der Waals surface area (Å²) in [6, 6.07) is 14.4. The van der Waals surface area contributed by atoms with Crippen molar-refractivity contribution < 1.29 is 14.4 Å². The van der Waals surface area contributed by atoms with Crippen LogP contribution in [0.2, 0.25) is 0 Å². The fourth-order valence-electron chi connectivity index (χ4n) is 2.44. The molecule has 0 bridgehead atoms. The second-order valence-corrected chi connectivity index (χ2v) is 6.96. The van der Waals surface area contributed by atoms with Crippen LogP contribution in [0, 0.1) is 6.92 Å². The Balaban J connectivity index is 1.82. The maximum absolute atomic E-state index is 12.2. The summed E-state index contributed by atoms with van der Waals surface area (Å²) in [4.78, 5) is 37.7. The number of ketones is 1. The molecule has 5 nitrogen and oxygen atoms in total. The minimum atomic E-state index is -0.277. The summed E-state index contributed by atoms with van der Waals surface area (Å²) in [6.07, 6.45) is 0.204. The molecule has 0 atom stereocenters. The molecule has 136 valence electrons. The molecule has 0 spiro atoms. The van der Waals surface area contributed by atoms with Gasteiger partial charge in [0.15, 0.2) is 5.78 Å². The highest BCUT2D eigenvalue weighted by atomic mass is 79.9. The van der Waals surface area contributed by atoms with Gasteiger partial charge in [-0.25, -0.2) is 0 Å². The van der Waals surface area contributed by atoms with Crippen LogP contribution in [0.4, 0.5) is 5.69 Å². The first-order valence-corrected chi connectivity index (χ1v) is 9.04. The summed E-state index contributed by atoms with van der Waals surface area (Å²) < 4.78 is 0.934. The van der Waals surface area contributed by atoms with Crippen LogP contribution in [0.3, 0.4) is 0 Å². The smallest absolute Gasteiger partial charge is 0.243 e. The first-order chi connectivity index (χ1) is 12.4. The standard InChI is InChI=1S/C20H21BrN2O3/c1-14-12-16(21)8-9-17(14)22-19(25)13-23(2)20(26)11-10-18(24)15-6-4-3-5-7-15/h3-9,12H,10-11,13H2,1-2H3,(H,22,25). The Bertz CT molecular complexity index is 806. The van der Waals surface area contributed by atoms with E-state index in [9.17, 15) is 14.4 Å². The Morgan fingerprint density at radius 2 is 1.73 bits per heavy atom. The molecule has 0 fully saturated rings. The zero-order chi connectivity index (χ0) is 19.1. The van der Waals surface area contributed by atoms with Crippen molar-refractivity contribution in [2.75, 3.05) is 18.9 Å². The number of rotatable bonds is 7. The van der Waals surface area contributed by atoms with Gasteiger partial charge in [-0.2, -0.15) is 0 Å². The second kappa shape index (κ2) is 9.29. The molecular formula is C20H21BrN2O3. The van der Waals surface area contributed by atoms with Gasteiger partial charge >= 0.3 is 0 Å². The third-order valence-electron chi connectivity index (χ3n) is 3.93. The van der Waals surface area contributed by atoms with Crippen molar-refractivity contribution >= 4 is 39.2 Å². The van der Waals surface area contributed by atoms with Crippen molar-refractivity contribution in [2.45, 2.75) is 19.8 Å². The van der Waals surface area contributed by atoms with E-state index >= 15 is 0 Å². The number of aryl methyl sites for hydroxylation is 1. The molecule has 26 heavy (non-hydrogen) atoms. The SMILES string of the molecule is Cc1cc(Br)ccc1NC(=O)CN(C)C(=O)CCC(=O)c1ccccc1. The molecule has 0 aliphatic carbocycles. The van der Waals surface area contributed by atoms with Crippen molar-refractivity contribution in [3.05, 3.63) is 64.1 Å². The van der Waals surface area contributed by atoms with Crippen LogP contribution in [0.1, 0.15) is 28.8 Å². The van der Waals surface area contributed by atoms with Crippen molar-refractivity contribution in [1.82, 2.24) is 4.90 Å². The number of benzene rings is 2. The van der Waals surface area contributed by atoms with Gasteiger partial charge in [-0.05, 0) is 30.7 Å². The summed E-state index contributed by atoms with van der Waals surface area (Å²) in [5, 5.41) is 2.79. The molecule has 0 saturated heterocycles. The summed E-state index contributed by atoms with van der Waals surface area (Å²) in [5.74, 6) is -0.597. The van der Waals surface area contributed by atoms with Gasteiger partial charge < -0.3 is 10.2 Å². The number of carbonyl (C=O) groups excluding carboxylic acids is 3. The number of hydrogen-bond donors (Lipinski definition) is 1. The monoisotopic (exact) mass is 416 g/mol. The van der Waals surface area contributed by atoms with E-state index in [0.29, 0.717) is 11.3 Å². The number of anilines is 1. The van der Waals surface area contributed by atoms with E-state index in [2.05, 4.69) is 21.2 Å². The molecule has 0 aliphatic heterocycles. The highest BCUT2D eigenvalue weighted by Crippen LogP contribution is 2.20. The van der Waals surface area contributed by atoms with Gasteiger partial charge in [-0.3, -0.25) is 14.4 Å². The number of nitrogens with one attached hydrogen (secondary N) is 1. The van der Waals surface area contributed by atoms with Crippen molar-refractivity contribution in [1.29, 1.82) is 0 Å². The Morgan fingerprint density at radius 3 is 2.38 bits per heavy atom. The van der Waals surface area contributed by atoms with Gasteiger partial charge in [0.1, 0.15) is 0 Å². The lowest BCUT2D eigenvalue weighted by Gasteiger charge is -2.17. The molecule has 2 amide bonds. The van der Waals surface area contributed by atoms with Crippen molar-refractivity contribution in [3.8, 4) is 0 Å². The predicted octanol–water partition coefficient (Wildman–Crippen LogP) is 3.82. The fraction of sp³-hybridized carbons (Fsp3) is 0.250. The van der Waals surface area contributed by atoms with Gasteiger partial charge in [-0.15, -0.1) is 0 Å². The second-order valence-electron chi connectivity index (χ2n) is 6.05. The maximum Gasteiger partial charge on any atom is 0.243 e. The third kappa shape index (κ3) is 5.81. The van der Waals surface area contributed by atoms with E-state index in [0.717, 1.165) is 10.0 Å². The van der Waals surface area contributed by atoms with Gasteiger partial charge in [0.05, 0.1) is 6.54 Å². The third-order valence-corrected chi connectivity index (χ3v) is 4.42. The molecule has 0 saturated carbocycles. The van der Waals surface area contributed by atoms with Crippen LogP contribution < -0.4 is 5.32 Å². The van der Waals surface area contributed by atoms with E-state index in [-0.39, 0.29) is 37.0 Å². The summed E-state index contributed by atoms with van der Waals surface area (Å²) in [7, 11) is 1.56. The molecule has 6 heteroatoms. The number of Topliss-reactive ketones (excluding diaryl/α,β-unsaturated/α-hetero) is 1. The number of amides is 2. The number of carbonyl (C=O) groups is 3. The largest absolute Gasteiger partial charge is 0.336 e. The molecule has 0 radical (unpaired) electrons. The minimum absolute atomic E-state index is 0.0616. The van der Waals surface area contributed by atoms with Crippen LogP contribution >= 0.6 is 15.9 Å². The summed E-state index contributed by atoms with van der Waals surface area (Å²) >= 11 is 3.37. The van der Waals surface area contributed by atoms with E-state index < -0.39 is 0 Å². The first-order valence-electron chi connectivity index (χ1n) is 8.25. The zero-order valence-corrected chi connectivity index (χ0v) is 16.4. The van der Waals surface area contributed by atoms with E-state index in [4.69, 9.17) is 0 Å². The average Bonchev–Trinajstić information content (AvgIpc) is 2.62. The highest BCUT2D eigenvalue weighted by Gasteiger charge is 2.15. The Kier molecular flexibility index (Phi) is 7.09. The normalized spacial score (nSPS) is 10.3. The van der Waals surface area contributed by atoms with Crippen LogP contribution in [0.25, 0.3) is 0 Å². The van der Waals surface area contributed by atoms with Gasteiger partial charge in [0.25, 0.3) is 0 Å². The topological polar surface area (TPSA) is 66.5 Å². The Morgan fingerprint density at radius 1 is 1.04 bits per heavy atom. The van der Waals surface area contributed by atoms with Gasteiger partial charge in [0, 0.05) is 35.6 Å². The molecule has 2 rings (SSSR count).